The van der Waals surface area contributed by atoms with Gasteiger partial charge in [0.25, 0.3) is 0 Å². The van der Waals surface area contributed by atoms with Crippen molar-refractivity contribution in [2.45, 2.75) is 16.7 Å². The highest BCUT2D eigenvalue weighted by atomic mass is 32.2. The summed E-state index contributed by atoms with van der Waals surface area (Å²) in [5, 5.41) is 5.13. The SMILES string of the molecule is COCCSc1cc(N)cc(S(N)(=O)=O)c1C. The van der Waals surface area contributed by atoms with Gasteiger partial charge < -0.3 is 10.5 Å². The number of benzene rings is 1. The molecule has 1 aromatic carbocycles. The molecule has 0 heterocycles. The van der Waals surface area contributed by atoms with Crippen LogP contribution in [-0.2, 0) is 14.8 Å². The minimum Gasteiger partial charge on any atom is -0.399 e. The molecule has 17 heavy (non-hydrogen) atoms. The van der Waals surface area contributed by atoms with Crippen LogP contribution in [0.1, 0.15) is 5.56 Å². The molecule has 0 saturated carbocycles. The van der Waals surface area contributed by atoms with E-state index >= 15 is 0 Å². The Morgan fingerprint density at radius 3 is 2.59 bits per heavy atom. The summed E-state index contributed by atoms with van der Waals surface area (Å²) >= 11 is 1.49. The normalized spacial score (nSPS) is 11.7. The molecule has 0 bridgehead atoms. The van der Waals surface area contributed by atoms with Crippen LogP contribution in [0.15, 0.2) is 21.9 Å². The average Bonchev–Trinajstić information content (AvgIpc) is 2.21. The number of methoxy groups -OCH3 is 1. The van der Waals surface area contributed by atoms with Gasteiger partial charge in [0.2, 0.25) is 10.0 Å². The van der Waals surface area contributed by atoms with Gasteiger partial charge in [-0.05, 0) is 24.6 Å². The third-order valence-electron chi connectivity index (χ3n) is 2.19. The first kappa shape index (κ1) is 14.3. The van der Waals surface area contributed by atoms with Crippen LogP contribution in [0.2, 0.25) is 0 Å². The molecule has 0 aliphatic rings. The molecule has 0 aromatic heterocycles. The van der Waals surface area contributed by atoms with Crippen molar-refractivity contribution in [1.29, 1.82) is 0 Å². The standard InChI is InChI=1S/C10H16N2O3S2/c1-7-9(16-4-3-15-2)5-8(11)6-10(7)17(12,13)14/h5-6H,3-4,11H2,1-2H3,(H2,12,13,14). The van der Waals surface area contributed by atoms with Crippen LogP contribution in [0.3, 0.4) is 0 Å². The Morgan fingerprint density at radius 2 is 2.06 bits per heavy atom. The first-order chi connectivity index (χ1) is 7.86. The van der Waals surface area contributed by atoms with E-state index in [-0.39, 0.29) is 4.90 Å². The summed E-state index contributed by atoms with van der Waals surface area (Å²) in [5.74, 6) is 0.727. The Labute approximate surface area is 106 Å². The van der Waals surface area contributed by atoms with Gasteiger partial charge in [-0.3, -0.25) is 0 Å². The molecule has 0 aliphatic heterocycles. The smallest absolute Gasteiger partial charge is 0.238 e. The van der Waals surface area contributed by atoms with Gasteiger partial charge in [0, 0.05) is 23.4 Å². The lowest BCUT2D eigenvalue weighted by Gasteiger charge is -2.11. The van der Waals surface area contributed by atoms with Crippen LogP contribution in [0.5, 0.6) is 0 Å². The van der Waals surface area contributed by atoms with Crippen LogP contribution < -0.4 is 10.9 Å². The van der Waals surface area contributed by atoms with Crippen molar-refractivity contribution in [2.24, 2.45) is 5.14 Å². The van der Waals surface area contributed by atoms with Crippen molar-refractivity contribution in [1.82, 2.24) is 0 Å². The number of thioether (sulfide) groups is 1. The van der Waals surface area contributed by atoms with E-state index in [4.69, 9.17) is 15.6 Å². The molecule has 0 atom stereocenters. The third kappa shape index (κ3) is 3.88. The second kappa shape index (κ2) is 5.72. The molecular formula is C10H16N2O3S2. The van der Waals surface area contributed by atoms with Gasteiger partial charge in [-0.2, -0.15) is 0 Å². The fourth-order valence-corrected chi connectivity index (χ4v) is 3.28. The maximum atomic E-state index is 11.4. The van der Waals surface area contributed by atoms with Crippen molar-refractivity contribution in [2.75, 3.05) is 25.2 Å². The Hall–Kier alpha value is -0.760. The predicted molar refractivity (Wildman–Crippen MR) is 69.6 cm³/mol. The molecule has 0 unspecified atom stereocenters. The maximum absolute atomic E-state index is 11.4. The van der Waals surface area contributed by atoms with Gasteiger partial charge in [-0.1, -0.05) is 0 Å². The van der Waals surface area contributed by atoms with Crippen molar-refractivity contribution in [3.8, 4) is 0 Å². The number of hydrogen-bond acceptors (Lipinski definition) is 5. The van der Waals surface area contributed by atoms with E-state index in [0.717, 1.165) is 10.6 Å². The average molecular weight is 276 g/mol. The molecule has 96 valence electrons. The maximum Gasteiger partial charge on any atom is 0.238 e. The highest BCUT2D eigenvalue weighted by molar-refractivity contribution is 7.99. The minimum atomic E-state index is -3.73. The largest absolute Gasteiger partial charge is 0.399 e. The molecule has 5 nitrogen and oxygen atoms in total. The van der Waals surface area contributed by atoms with Crippen LogP contribution in [0, 0.1) is 6.92 Å². The molecule has 0 saturated heterocycles. The number of nitrogens with two attached hydrogens (primary N) is 2. The van der Waals surface area contributed by atoms with E-state index in [0.29, 0.717) is 17.9 Å². The number of hydrogen-bond donors (Lipinski definition) is 2. The van der Waals surface area contributed by atoms with E-state index < -0.39 is 10.0 Å². The number of ether oxygens (including phenoxy) is 1. The Kier molecular flexibility index (Phi) is 4.81. The van der Waals surface area contributed by atoms with Gasteiger partial charge >= 0.3 is 0 Å². The highest BCUT2D eigenvalue weighted by Crippen LogP contribution is 2.29. The van der Waals surface area contributed by atoms with Crippen molar-refractivity contribution < 1.29 is 13.2 Å². The molecule has 0 spiro atoms. The third-order valence-corrected chi connectivity index (χ3v) is 4.33. The van der Waals surface area contributed by atoms with Crippen LogP contribution >= 0.6 is 11.8 Å². The molecule has 7 heteroatoms. The fraction of sp³-hybridized carbons (Fsp3) is 0.400. The van der Waals surface area contributed by atoms with E-state index in [1.807, 2.05) is 0 Å². The lowest BCUT2D eigenvalue weighted by atomic mass is 10.2. The van der Waals surface area contributed by atoms with Crippen molar-refractivity contribution >= 4 is 27.5 Å². The zero-order valence-electron chi connectivity index (χ0n) is 9.76. The lowest BCUT2D eigenvalue weighted by Crippen LogP contribution is -2.14. The topological polar surface area (TPSA) is 95.4 Å². The summed E-state index contributed by atoms with van der Waals surface area (Å²) in [4.78, 5) is 0.892. The van der Waals surface area contributed by atoms with Gasteiger partial charge in [0.15, 0.2) is 0 Å². The van der Waals surface area contributed by atoms with Gasteiger partial charge in [-0.25, -0.2) is 13.6 Å². The van der Waals surface area contributed by atoms with E-state index in [1.54, 1.807) is 20.1 Å². The Bertz CT molecular complexity index is 501. The number of sulfonamides is 1. The minimum absolute atomic E-state index is 0.0809. The van der Waals surface area contributed by atoms with E-state index in [9.17, 15) is 8.42 Å². The summed E-state index contributed by atoms with van der Waals surface area (Å²) in [5.41, 5.74) is 6.68. The monoisotopic (exact) mass is 276 g/mol. The number of nitrogen functional groups attached to an aromatic ring is 1. The number of rotatable bonds is 5. The second-order valence-electron chi connectivity index (χ2n) is 3.53. The summed E-state index contributed by atoms with van der Waals surface area (Å²) in [6.07, 6.45) is 0. The first-order valence-electron chi connectivity index (χ1n) is 4.91. The molecule has 0 fully saturated rings. The molecule has 0 amide bonds. The summed E-state index contributed by atoms with van der Waals surface area (Å²) in [6.45, 7) is 2.30. The van der Waals surface area contributed by atoms with Crippen LogP contribution in [0.25, 0.3) is 0 Å². The zero-order chi connectivity index (χ0) is 13.1. The van der Waals surface area contributed by atoms with Gasteiger partial charge in [0.1, 0.15) is 0 Å². The molecule has 0 radical (unpaired) electrons. The van der Waals surface area contributed by atoms with Gasteiger partial charge in [-0.15, -0.1) is 11.8 Å². The lowest BCUT2D eigenvalue weighted by molar-refractivity contribution is 0.218. The quantitative estimate of drug-likeness (QED) is 0.474. The van der Waals surface area contributed by atoms with Crippen LogP contribution in [-0.4, -0.2) is 27.9 Å². The molecule has 0 aliphatic carbocycles. The van der Waals surface area contributed by atoms with E-state index in [1.165, 1.54) is 17.8 Å². The van der Waals surface area contributed by atoms with Crippen LogP contribution in [0.4, 0.5) is 5.69 Å². The Balaban J connectivity index is 3.11. The van der Waals surface area contributed by atoms with Gasteiger partial charge in [0.05, 0.1) is 11.5 Å². The highest BCUT2D eigenvalue weighted by Gasteiger charge is 2.15. The number of primary sulfonamides is 1. The summed E-state index contributed by atoms with van der Waals surface area (Å²) < 4.78 is 27.7. The van der Waals surface area contributed by atoms with Crippen molar-refractivity contribution in [3.63, 3.8) is 0 Å². The summed E-state index contributed by atoms with van der Waals surface area (Å²) in [6, 6.07) is 3.12. The fourth-order valence-electron chi connectivity index (χ4n) is 1.36. The van der Waals surface area contributed by atoms with Crippen molar-refractivity contribution in [3.05, 3.63) is 17.7 Å². The predicted octanol–water partition coefficient (Wildman–Crippen LogP) is 0.963. The molecule has 4 N–H and O–H groups in total. The zero-order valence-corrected chi connectivity index (χ0v) is 11.4. The summed E-state index contributed by atoms with van der Waals surface area (Å²) in [7, 11) is -2.12. The molecule has 1 aromatic rings. The van der Waals surface area contributed by atoms with E-state index in [2.05, 4.69) is 0 Å². The first-order valence-corrected chi connectivity index (χ1v) is 7.44. The number of anilines is 1. The Morgan fingerprint density at radius 1 is 1.41 bits per heavy atom. The molecular weight excluding hydrogens is 260 g/mol. The molecule has 1 rings (SSSR count). The second-order valence-corrected chi connectivity index (χ2v) is 6.20.